The van der Waals surface area contributed by atoms with Gasteiger partial charge in [-0.3, -0.25) is 14.3 Å². The average molecular weight is 492 g/mol. The van der Waals surface area contributed by atoms with Crippen molar-refractivity contribution in [2.75, 3.05) is 18.0 Å². The third-order valence-corrected chi connectivity index (χ3v) is 7.62. The molecule has 9 heteroatoms. The summed E-state index contributed by atoms with van der Waals surface area (Å²) >= 11 is 0. The highest BCUT2D eigenvalue weighted by Crippen LogP contribution is 2.30. The van der Waals surface area contributed by atoms with Crippen molar-refractivity contribution in [3.63, 3.8) is 0 Å². The monoisotopic (exact) mass is 491 g/mol. The molecule has 37 heavy (non-hydrogen) atoms. The van der Waals surface area contributed by atoms with E-state index in [4.69, 9.17) is 0 Å². The van der Waals surface area contributed by atoms with Crippen LogP contribution in [-0.4, -0.2) is 48.4 Å². The topological polar surface area (TPSA) is 100 Å². The van der Waals surface area contributed by atoms with Gasteiger partial charge in [0.1, 0.15) is 17.8 Å². The lowest BCUT2D eigenvalue weighted by molar-refractivity contribution is 0.0745. The van der Waals surface area contributed by atoms with Gasteiger partial charge in [0.25, 0.3) is 5.91 Å². The van der Waals surface area contributed by atoms with Crippen LogP contribution in [-0.2, 0) is 13.1 Å². The average Bonchev–Trinajstić information content (AvgIpc) is 3.53. The summed E-state index contributed by atoms with van der Waals surface area (Å²) in [5, 5.41) is 0.951. The van der Waals surface area contributed by atoms with Crippen LogP contribution >= 0.6 is 0 Å². The Morgan fingerprint density at radius 3 is 2.43 bits per heavy atom. The first-order valence-corrected chi connectivity index (χ1v) is 12.6. The van der Waals surface area contributed by atoms with Crippen molar-refractivity contribution < 1.29 is 4.79 Å². The second-order valence-electron chi connectivity index (χ2n) is 9.75. The van der Waals surface area contributed by atoms with Crippen LogP contribution in [0.3, 0.4) is 0 Å². The highest BCUT2D eigenvalue weighted by atomic mass is 16.2. The van der Waals surface area contributed by atoms with Gasteiger partial charge in [-0.15, -0.1) is 0 Å². The standard InChI is InChI=1S/C28H25N7O2/c36-27(34-15-18-5-1-2-6-19(18)16-34)23-13-25(31-17-30-23)33-11-9-20(10-12-33)35-24-14-29-22-8-4-3-7-21(22)26(24)32-28(35)37/h1-8,13-14,17,20H,9-12,15-16H2,(H,32,37). The van der Waals surface area contributed by atoms with Gasteiger partial charge in [0.15, 0.2) is 0 Å². The number of H-pyrrole nitrogens is 1. The molecule has 0 saturated carbocycles. The fourth-order valence-electron chi connectivity index (χ4n) is 5.71. The van der Waals surface area contributed by atoms with E-state index in [1.807, 2.05) is 45.9 Å². The van der Waals surface area contributed by atoms with E-state index in [0.717, 1.165) is 53.7 Å². The van der Waals surface area contributed by atoms with Crippen LogP contribution < -0.4 is 10.6 Å². The Bertz CT molecular complexity index is 1690. The molecule has 2 aromatic carbocycles. The predicted molar refractivity (Wildman–Crippen MR) is 140 cm³/mol. The Kier molecular flexibility index (Phi) is 5.02. The van der Waals surface area contributed by atoms with Crippen LogP contribution in [0.5, 0.6) is 0 Å². The van der Waals surface area contributed by atoms with Crippen LogP contribution in [0, 0.1) is 0 Å². The van der Waals surface area contributed by atoms with Gasteiger partial charge in [-0.2, -0.15) is 0 Å². The molecule has 7 rings (SSSR count). The summed E-state index contributed by atoms with van der Waals surface area (Å²) in [4.78, 5) is 46.5. The van der Waals surface area contributed by atoms with Crippen molar-refractivity contribution in [1.29, 1.82) is 0 Å². The number of piperidine rings is 1. The Morgan fingerprint density at radius 2 is 1.65 bits per heavy atom. The number of para-hydroxylation sites is 1. The zero-order valence-corrected chi connectivity index (χ0v) is 20.2. The van der Waals surface area contributed by atoms with Crippen LogP contribution in [0.25, 0.3) is 21.9 Å². The van der Waals surface area contributed by atoms with E-state index in [1.165, 1.54) is 17.5 Å². The van der Waals surface area contributed by atoms with E-state index < -0.39 is 0 Å². The number of anilines is 1. The number of amides is 1. The van der Waals surface area contributed by atoms with Gasteiger partial charge in [0.05, 0.1) is 22.7 Å². The maximum atomic E-state index is 13.2. The minimum absolute atomic E-state index is 0.0616. The number of fused-ring (bicyclic) bond motifs is 4. The lowest BCUT2D eigenvalue weighted by Crippen LogP contribution is -2.37. The summed E-state index contributed by atoms with van der Waals surface area (Å²) in [6.45, 7) is 2.65. The van der Waals surface area contributed by atoms with E-state index in [9.17, 15) is 9.59 Å². The zero-order valence-electron chi connectivity index (χ0n) is 20.2. The van der Waals surface area contributed by atoms with Crippen molar-refractivity contribution in [1.82, 2.24) is 29.4 Å². The molecule has 1 fully saturated rings. The second-order valence-corrected chi connectivity index (χ2v) is 9.75. The molecule has 0 spiro atoms. The summed E-state index contributed by atoms with van der Waals surface area (Å²) in [5.41, 5.74) is 5.21. The molecule has 0 bridgehead atoms. The summed E-state index contributed by atoms with van der Waals surface area (Å²) in [7, 11) is 0. The Morgan fingerprint density at radius 1 is 0.919 bits per heavy atom. The molecule has 3 aromatic heterocycles. The molecule has 9 nitrogen and oxygen atoms in total. The first-order valence-electron chi connectivity index (χ1n) is 12.6. The first-order chi connectivity index (χ1) is 18.2. The minimum Gasteiger partial charge on any atom is -0.356 e. The maximum absolute atomic E-state index is 13.2. The van der Waals surface area contributed by atoms with Crippen LogP contribution in [0.15, 0.2) is 71.9 Å². The first kappa shape index (κ1) is 21.7. The number of aromatic amines is 1. The smallest absolute Gasteiger partial charge is 0.326 e. The normalized spacial score (nSPS) is 16.0. The Hall–Kier alpha value is -4.53. The van der Waals surface area contributed by atoms with Crippen LogP contribution in [0.2, 0.25) is 0 Å². The number of imidazole rings is 1. The predicted octanol–water partition coefficient (Wildman–Crippen LogP) is 3.67. The molecule has 1 amide bonds. The summed E-state index contributed by atoms with van der Waals surface area (Å²) in [5.74, 6) is 0.659. The largest absolute Gasteiger partial charge is 0.356 e. The Balaban J connectivity index is 1.09. The van der Waals surface area contributed by atoms with Gasteiger partial charge in [-0.05, 0) is 30.0 Å². The molecule has 5 heterocycles. The molecule has 1 saturated heterocycles. The number of aromatic nitrogens is 5. The molecule has 1 N–H and O–H groups in total. The summed E-state index contributed by atoms with van der Waals surface area (Å²) in [6, 6.07) is 17.8. The zero-order chi connectivity index (χ0) is 24.9. The van der Waals surface area contributed by atoms with Gasteiger partial charge in [-0.25, -0.2) is 14.8 Å². The number of pyridine rings is 1. The molecule has 184 valence electrons. The molecule has 0 unspecified atom stereocenters. The van der Waals surface area contributed by atoms with Crippen molar-refractivity contribution in [3.05, 3.63) is 94.4 Å². The molecule has 2 aliphatic heterocycles. The SMILES string of the molecule is O=C(c1cc(N2CCC(n3c(=O)[nH]c4c5ccccc5ncc43)CC2)ncn1)N1Cc2ccccc2C1. The number of hydrogen-bond acceptors (Lipinski definition) is 6. The molecule has 2 aliphatic rings. The fraction of sp³-hybridized carbons (Fsp3) is 0.250. The van der Waals surface area contributed by atoms with Crippen molar-refractivity contribution in [2.45, 2.75) is 32.0 Å². The lowest BCUT2D eigenvalue weighted by Gasteiger charge is -2.33. The quantitative estimate of drug-likeness (QED) is 0.413. The van der Waals surface area contributed by atoms with E-state index >= 15 is 0 Å². The van der Waals surface area contributed by atoms with Crippen molar-refractivity contribution in [2.24, 2.45) is 0 Å². The van der Waals surface area contributed by atoms with Gasteiger partial charge < -0.3 is 14.8 Å². The van der Waals surface area contributed by atoms with Gasteiger partial charge >= 0.3 is 5.69 Å². The van der Waals surface area contributed by atoms with Gasteiger partial charge in [-0.1, -0.05) is 42.5 Å². The molecular formula is C28H25N7O2. The minimum atomic E-state index is -0.104. The number of hydrogen-bond donors (Lipinski definition) is 1. The fourth-order valence-corrected chi connectivity index (χ4v) is 5.71. The van der Waals surface area contributed by atoms with E-state index in [1.54, 1.807) is 12.3 Å². The third kappa shape index (κ3) is 3.66. The van der Waals surface area contributed by atoms with Crippen LogP contribution in [0.4, 0.5) is 5.82 Å². The molecule has 5 aromatic rings. The van der Waals surface area contributed by atoms with E-state index in [0.29, 0.717) is 18.8 Å². The van der Waals surface area contributed by atoms with E-state index in [-0.39, 0.29) is 17.6 Å². The van der Waals surface area contributed by atoms with Crippen LogP contribution in [0.1, 0.15) is 40.5 Å². The van der Waals surface area contributed by atoms with E-state index in [2.05, 4.69) is 37.0 Å². The number of nitrogens with one attached hydrogen (secondary N) is 1. The second kappa shape index (κ2) is 8.55. The molecule has 0 radical (unpaired) electrons. The highest BCUT2D eigenvalue weighted by molar-refractivity contribution is 6.01. The number of carbonyl (C=O) groups excluding carboxylic acids is 1. The summed E-state index contributed by atoms with van der Waals surface area (Å²) in [6.07, 6.45) is 4.84. The van der Waals surface area contributed by atoms with Crippen molar-refractivity contribution in [3.8, 4) is 0 Å². The number of carbonyl (C=O) groups is 1. The number of benzene rings is 2. The Labute approximate surface area is 212 Å². The number of rotatable bonds is 3. The third-order valence-electron chi connectivity index (χ3n) is 7.62. The maximum Gasteiger partial charge on any atom is 0.326 e. The van der Waals surface area contributed by atoms with Gasteiger partial charge in [0, 0.05) is 43.7 Å². The molecule has 0 aliphatic carbocycles. The highest BCUT2D eigenvalue weighted by Gasteiger charge is 2.28. The van der Waals surface area contributed by atoms with Gasteiger partial charge in [0.2, 0.25) is 0 Å². The molecular weight excluding hydrogens is 466 g/mol. The lowest BCUT2D eigenvalue weighted by atomic mass is 10.0. The summed E-state index contributed by atoms with van der Waals surface area (Å²) < 4.78 is 1.85. The van der Waals surface area contributed by atoms with Crippen molar-refractivity contribution >= 4 is 33.7 Å². The molecule has 0 atom stereocenters. The number of nitrogens with zero attached hydrogens (tertiary/aromatic N) is 6.